The third-order valence-corrected chi connectivity index (χ3v) is 3.33. The summed E-state index contributed by atoms with van der Waals surface area (Å²) in [4.78, 5) is 11.5. The summed E-state index contributed by atoms with van der Waals surface area (Å²) in [7, 11) is 0. The van der Waals surface area contributed by atoms with Crippen LogP contribution in [0.15, 0.2) is 6.07 Å². The highest BCUT2D eigenvalue weighted by atomic mass is 35.5. The maximum atomic E-state index is 11.5. The number of nitrogens with one attached hydrogen (secondary N) is 1. The Morgan fingerprint density at radius 2 is 2.00 bits per heavy atom. The normalized spacial score (nSPS) is 10.8. The molecule has 0 aliphatic rings. The fourth-order valence-electron chi connectivity index (χ4n) is 1.28. The van der Waals surface area contributed by atoms with Crippen LogP contribution in [0.4, 0.5) is 5.69 Å². The number of carbonyl (C=O) groups is 1. The quantitative estimate of drug-likeness (QED) is 0.882. The van der Waals surface area contributed by atoms with E-state index in [1.54, 1.807) is 0 Å². The first-order valence-corrected chi connectivity index (χ1v) is 6.61. The van der Waals surface area contributed by atoms with Gasteiger partial charge in [-0.1, -0.05) is 23.2 Å². The van der Waals surface area contributed by atoms with Crippen molar-refractivity contribution in [1.29, 1.82) is 0 Å². The third-order valence-electron chi connectivity index (χ3n) is 2.03. The second-order valence-electron chi connectivity index (χ2n) is 3.16. The second kappa shape index (κ2) is 5.35. The molecule has 1 N–H and O–H groups in total. The molecule has 17 heavy (non-hydrogen) atoms. The average molecular weight is 311 g/mol. The van der Waals surface area contributed by atoms with Crippen LogP contribution in [0.5, 0.6) is 0 Å². The van der Waals surface area contributed by atoms with Gasteiger partial charge < -0.3 is 5.32 Å². The van der Waals surface area contributed by atoms with Gasteiger partial charge >= 0.3 is 0 Å². The molecule has 90 valence electrons. The molecular weight excluding hydrogens is 305 g/mol. The Morgan fingerprint density at radius 3 is 2.71 bits per heavy atom. The fraction of sp³-hybridized carbons (Fsp3) is 0.222. The van der Waals surface area contributed by atoms with E-state index in [-0.39, 0.29) is 18.2 Å². The van der Waals surface area contributed by atoms with Crippen LogP contribution in [0, 0.1) is 0 Å². The van der Waals surface area contributed by atoms with Crippen LogP contribution in [0.3, 0.4) is 0 Å². The standard InChI is InChI=1S/C9H6Cl3N3OS/c10-2-1-6(16)13-7-4(11)3-5(12)8-9(7)15-17-14-8/h3H,1-2H2,(H,13,16). The lowest BCUT2D eigenvalue weighted by Gasteiger charge is -2.07. The number of rotatable bonds is 3. The molecule has 1 aromatic carbocycles. The molecule has 2 aromatic rings. The van der Waals surface area contributed by atoms with Crippen LogP contribution >= 0.6 is 46.5 Å². The summed E-state index contributed by atoms with van der Waals surface area (Å²) in [5.41, 5.74) is 1.45. The molecule has 1 aromatic heterocycles. The number of carbonyl (C=O) groups excluding carboxylic acids is 1. The van der Waals surface area contributed by atoms with E-state index in [1.807, 2.05) is 0 Å². The van der Waals surface area contributed by atoms with E-state index >= 15 is 0 Å². The van der Waals surface area contributed by atoms with E-state index in [4.69, 9.17) is 34.8 Å². The lowest BCUT2D eigenvalue weighted by Crippen LogP contribution is -2.12. The molecule has 0 saturated heterocycles. The lowest BCUT2D eigenvalue weighted by molar-refractivity contribution is -0.115. The van der Waals surface area contributed by atoms with Crippen molar-refractivity contribution in [2.45, 2.75) is 6.42 Å². The van der Waals surface area contributed by atoms with Gasteiger partial charge in [0.15, 0.2) is 0 Å². The van der Waals surface area contributed by atoms with Crippen molar-refractivity contribution in [3.63, 3.8) is 0 Å². The number of hydrogen-bond acceptors (Lipinski definition) is 4. The molecular formula is C9H6Cl3N3OS. The Kier molecular flexibility index (Phi) is 4.04. The summed E-state index contributed by atoms with van der Waals surface area (Å²) in [5, 5.41) is 3.40. The lowest BCUT2D eigenvalue weighted by atomic mass is 10.2. The van der Waals surface area contributed by atoms with Crippen molar-refractivity contribution >= 4 is 69.2 Å². The molecule has 0 spiro atoms. The van der Waals surface area contributed by atoms with E-state index in [2.05, 4.69) is 14.1 Å². The van der Waals surface area contributed by atoms with Crippen molar-refractivity contribution < 1.29 is 4.79 Å². The summed E-state index contributed by atoms with van der Waals surface area (Å²) in [5.74, 6) is 0.0219. The van der Waals surface area contributed by atoms with E-state index in [0.717, 1.165) is 11.7 Å². The Hall–Kier alpha value is -0.620. The van der Waals surface area contributed by atoms with Crippen molar-refractivity contribution in [2.24, 2.45) is 0 Å². The highest BCUT2D eigenvalue weighted by molar-refractivity contribution is 7.00. The van der Waals surface area contributed by atoms with Gasteiger partial charge in [0.05, 0.1) is 27.5 Å². The molecule has 0 atom stereocenters. The van der Waals surface area contributed by atoms with Crippen LogP contribution in [0.1, 0.15) is 6.42 Å². The maximum absolute atomic E-state index is 11.5. The predicted octanol–water partition coefficient (Wildman–Crippen LogP) is 3.57. The summed E-state index contributed by atoms with van der Waals surface area (Å²) in [6.45, 7) is 0. The molecule has 0 unspecified atom stereocenters. The monoisotopic (exact) mass is 309 g/mol. The summed E-state index contributed by atoms with van der Waals surface area (Å²) in [6.07, 6.45) is 0.208. The molecule has 0 bridgehead atoms. The van der Waals surface area contributed by atoms with E-state index < -0.39 is 0 Å². The number of alkyl halides is 1. The van der Waals surface area contributed by atoms with Crippen LogP contribution < -0.4 is 5.32 Å². The van der Waals surface area contributed by atoms with Crippen molar-refractivity contribution in [1.82, 2.24) is 8.75 Å². The molecule has 0 radical (unpaired) electrons. The SMILES string of the molecule is O=C(CCCl)Nc1c(Cl)cc(Cl)c2nsnc12. The molecule has 2 rings (SSSR count). The second-order valence-corrected chi connectivity index (χ2v) is 4.88. The van der Waals surface area contributed by atoms with Crippen molar-refractivity contribution in [2.75, 3.05) is 11.2 Å². The van der Waals surface area contributed by atoms with Gasteiger partial charge in [-0.15, -0.1) is 11.6 Å². The van der Waals surface area contributed by atoms with Crippen LogP contribution in [-0.2, 0) is 4.79 Å². The zero-order chi connectivity index (χ0) is 12.4. The van der Waals surface area contributed by atoms with E-state index in [1.165, 1.54) is 6.07 Å². The zero-order valence-corrected chi connectivity index (χ0v) is 11.4. The number of amides is 1. The number of hydrogen-bond donors (Lipinski definition) is 1. The first-order chi connectivity index (χ1) is 8.13. The highest BCUT2D eigenvalue weighted by Gasteiger charge is 2.15. The van der Waals surface area contributed by atoms with Crippen LogP contribution in [-0.4, -0.2) is 20.5 Å². The zero-order valence-electron chi connectivity index (χ0n) is 8.34. The Bertz CT molecular complexity index is 572. The minimum Gasteiger partial charge on any atom is -0.323 e. The minimum absolute atomic E-state index is 0.208. The molecule has 4 nitrogen and oxygen atoms in total. The fourth-order valence-corrected chi connectivity index (χ4v) is 2.61. The molecule has 0 aliphatic carbocycles. The Balaban J connectivity index is 2.45. The average Bonchev–Trinajstić information content (AvgIpc) is 2.73. The van der Waals surface area contributed by atoms with Gasteiger partial charge in [-0.2, -0.15) is 8.75 Å². The van der Waals surface area contributed by atoms with E-state index in [0.29, 0.717) is 26.8 Å². The number of aromatic nitrogens is 2. The van der Waals surface area contributed by atoms with Gasteiger partial charge in [0.25, 0.3) is 0 Å². The van der Waals surface area contributed by atoms with E-state index in [9.17, 15) is 4.79 Å². The maximum Gasteiger partial charge on any atom is 0.225 e. The molecule has 0 fully saturated rings. The number of benzene rings is 1. The molecule has 0 saturated carbocycles. The smallest absolute Gasteiger partial charge is 0.225 e. The summed E-state index contributed by atoms with van der Waals surface area (Å²) < 4.78 is 8.10. The first kappa shape index (κ1) is 12.8. The summed E-state index contributed by atoms with van der Waals surface area (Å²) >= 11 is 18.5. The topological polar surface area (TPSA) is 54.9 Å². The van der Waals surface area contributed by atoms with Gasteiger partial charge in [0, 0.05) is 12.3 Å². The number of halogens is 3. The molecule has 1 amide bonds. The van der Waals surface area contributed by atoms with Gasteiger partial charge in [-0.05, 0) is 6.07 Å². The molecule has 8 heteroatoms. The first-order valence-electron chi connectivity index (χ1n) is 4.59. The van der Waals surface area contributed by atoms with Crippen LogP contribution in [0.25, 0.3) is 11.0 Å². The number of fused-ring (bicyclic) bond motifs is 1. The molecule has 1 heterocycles. The van der Waals surface area contributed by atoms with Gasteiger partial charge in [0.2, 0.25) is 5.91 Å². The van der Waals surface area contributed by atoms with Gasteiger partial charge in [0.1, 0.15) is 11.0 Å². The van der Waals surface area contributed by atoms with Crippen LogP contribution in [0.2, 0.25) is 10.0 Å². The third kappa shape index (κ3) is 2.63. The van der Waals surface area contributed by atoms with Gasteiger partial charge in [-0.3, -0.25) is 4.79 Å². The largest absolute Gasteiger partial charge is 0.323 e. The Morgan fingerprint density at radius 1 is 1.29 bits per heavy atom. The van der Waals surface area contributed by atoms with Crippen molar-refractivity contribution in [3.05, 3.63) is 16.1 Å². The number of anilines is 1. The number of nitrogens with zero attached hydrogens (tertiary/aromatic N) is 2. The summed E-state index contributed by atoms with van der Waals surface area (Å²) in [6, 6.07) is 1.53. The van der Waals surface area contributed by atoms with Gasteiger partial charge in [-0.25, -0.2) is 0 Å². The predicted molar refractivity (Wildman–Crippen MR) is 71.4 cm³/mol. The molecule has 0 aliphatic heterocycles. The minimum atomic E-state index is -0.224. The highest BCUT2D eigenvalue weighted by Crippen LogP contribution is 2.35. The van der Waals surface area contributed by atoms with Crippen molar-refractivity contribution in [3.8, 4) is 0 Å². The Labute approximate surface area is 116 Å².